The lowest BCUT2D eigenvalue weighted by Crippen LogP contribution is -2.31. The number of nitrogens with one attached hydrogen (secondary N) is 2. The van der Waals surface area contributed by atoms with E-state index in [2.05, 4.69) is 26.2 Å². The van der Waals surface area contributed by atoms with E-state index in [0.29, 0.717) is 40.8 Å². The Morgan fingerprint density at radius 3 is 2.41 bits per heavy atom. The molecule has 0 unspecified atom stereocenters. The van der Waals surface area contributed by atoms with Crippen LogP contribution in [0.1, 0.15) is 54.8 Å². The normalized spacial score (nSPS) is 17.4. The summed E-state index contributed by atoms with van der Waals surface area (Å²) in [5.74, 6) is 0.158. The predicted molar refractivity (Wildman–Crippen MR) is 187 cm³/mol. The highest BCUT2D eigenvalue weighted by molar-refractivity contribution is 7.99. The van der Waals surface area contributed by atoms with Crippen molar-refractivity contribution in [1.82, 2.24) is 20.2 Å². The quantitative estimate of drug-likeness (QED) is 0.0880. The van der Waals surface area contributed by atoms with Gasteiger partial charge in [-0.05, 0) is 64.4 Å². The Balaban J connectivity index is 1.10. The van der Waals surface area contributed by atoms with Gasteiger partial charge in [-0.3, -0.25) is 9.59 Å². The zero-order valence-corrected chi connectivity index (χ0v) is 27.5. The molecule has 1 fully saturated rings. The SMILES string of the molecule is Nc1ccccc1NC(=O)CCCC(=O)Nc1cccc([C@H]2O[C@@H](CSc3nnnn3-c3ccccc3)C[C@@H](c3ccc(CO)cc3)O2)c1. The number of aromatic nitrogens is 4. The molecule has 0 bridgehead atoms. The van der Waals surface area contributed by atoms with E-state index in [1.807, 2.05) is 72.8 Å². The van der Waals surface area contributed by atoms with Crippen LogP contribution in [0, 0.1) is 0 Å². The number of anilines is 3. The van der Waals surface area contributed by atoms with Crippen LogP contribution in [0.2, 0.25) is 0 Å². The van der Waals surface area contributed by atoms with Crippen LogP contribution in [0.5, 0.6) is 0 Å². The first-order valence-electron chi connectivity index (χ1n) is 16.0. The molecule has 1 aliphatic rings. The van der Waals surface area contributed by atoms with Gasteiger partial charge in [0.2, 0.25) is 17.0 Å². The van der Waals surface area contributed by atoms with Crippen LogP contribution >= 0.6 is 11.8 Å². The number of aliphatic hydroxyl groups is 1. The summed E-state index contributed by atoms with van der Waals surface area (Å²) in [6.45, 7) is -0.0402. The molecular weight excluding hydrogens is 643 g/mol. The minimum Gasteiger partial charge on any atom is -0.397 e. The maximum absolute atomic E-state index is 12.8. The van der Waals surface area contributed by atoms with Crippen molar-refractivity contribution in [3.8, 4) is 5.69 Å². The van der Waals surface area contributed by atoms with Gasteiger partial charge >= 0.3 is 0 Å². The maximum atomic E-state index is 12.8. The van der Waals surface area contributed by atoms with Gasteiger partial charge in [-0.2, -0.15) is 4.68 Å². The van der Waals surface area contributed by atoms with Gasteiger partial charge in [-0.15, -0.1) is 5.10 Å². The molecule has 1 aliphatic heterocycles. The lowest BCUT2D eigenvalue weighted by molar-refractivity contribution is -0.245. The van der Waals surface area contributed by atoms with Gasteiger partial charge in [0, 0.05) is 36.3 Å². The van der Waals surface area contributed by atoms with Crippen molar-refractivity contribution in [1.29, 1.82) is 0 Å². The van der Waals surface area contributed by atoms with Crippen LogP contribution < -0.4 is 16.4 Å². The summed E-state index contributed by atoms with van der Waals surface area (Å²) < 4.78 is 14.7. The summed E-state index contributed by atoms with van der Waals surface area (Å²) in [6.07, 6.45) is 0.117. The second kappa shape index (κ2) is 16.3. The summed E-state index contributed by atoms with van der Waals surface area (Å²) in [5.41, 5.74) is 10.9. The highest BCUT2D eigenvalue weighted by Crippen LogP contribution is 2.40. The van der Waals surface area contributed by atoms with Crippen molar-refractivity contribution in [2.24, 2.45) is 0 Å². The Bertz CT molecular complexity index is 1850. The van der Waals surface area contributed by atoms with E-state index < -0.39 is 6.29 Å². The van der Waals surface area contributed by atoms with Gasteiger partial charge in [0.25, 0.3) is 0 Å². The number of carbonyl (C=O) groups excluding carboxylic acids is 2. The Kier molecular flexibility index (Phi) is 11.3. The Morgan fingerprint density at radius 2 is 1.63 bits per heavy atom. The molecule has 13 heteroatoms. The van der Waals surface area contributed by atoms with Crippen molar-refractivity contribution in [2.75, 3.05) is 22.1 Å². The molecule has 4 aromatic carbocycles. The molecule has 2 heterocycles. The first kappa shape index (κ1) is 33.8. The molecule has 0 aliphatic carbocycles. The number of hydrogen-bond acceptors (Lipinski definition) is 10. The Labute approximate surface area is 288 Å². The number of benzene rings is 4. The molecule has 0 spiro atoms. The van der Waals surface area contributed by atoms with E-state index in [9.17, 15) is 14.7 Å². The topological polar surface area (TPSA) is 167 Å². The summed E-state index contributed by atoms with van der Waals surface area (Å²) in [7, 11) is 0. The number of tetrazole rings is 1. The molecule has 2 amide bonds. The zero-order valence-electron chi connectivity index (χ0n) is 26.6. The first-order valence-corrected chi connectivity index (χ1v) is 16.9. The molecule has 3 atom stereocenters. The minimum atomic E-state index is -0.710. The maximum Gasteiger partial charge on any atom is 0.224 e. The standard InChI is InChI=1S/C36H37N7O5S/c37-30-12-4-5-13-31(30)39-34(46)15-7-14-33(45)38-27-9-6-8-26(20-27)35-47-29(21-32(48-35)25-18-16-24(22-44)17-19-25)23-49-36-40-41-42-43(36)28-10-2-1-3-11-28/h1-6,8-13,16-20,29,32,35,44H,7,14-15,21-23,37H2,(H,38,45)(H,39,46)/t29-,32+,35+/m1/s1. The van der Waals surface area contributed by atoms with Crippen LogP contribution in [-0.4, -0.2) is 49.0 Å². The van der Waals surface area contributed by atoms with E-state index in [0.717, 1.165) is 22.4 Å². The summed E-state index contributed by atoms with van der Waals surface area (Å²) in [5, 5.41) is 28.2. The summed E-state index contributed by atoms with van der Waals surface area (Å²) in [4.78, 5) is 25.2. The number of ether oxygens (including phenoxy) is 2. The average molecular weight is 680 g/mol. The lowest BCUT2D eigenvalue weighted by atomic mass is 10.0. The molecule has 0 radical (unpaired) electrons. The van der Waals surface area contributed by atoms with Gasteiger partial charge in [-0.25, -0.2) is 0 Å². The fraction of sp³-hybridized carbons (Fsp3) is 0.250. The average Bonchev–Trinajstić information content (AvgIpc) is 3.61. The van der Waals surface area contributed by atoms with Crippen LogP contribution in [-0.2, 0) is 25.7 Å². The monoisotopic (exact) mass is 679 g/mol. The number of amides is 2. The molecule has 5 N–H and O–H groups in total. The number of nitrogen functional groups attached to an aromatic ring is 1. The molecule has 1 aromatic heterocycles. The molecule has 49 heavy (non-hydrogen) atoms. The number of carbonyl (C=O) groups is 2. The number of nitrogens with two attached hydrogens (primary N) is 1. The second-order valence-corrected chi connectivity index (χ2v) is 12.5. The number of para-hydroxylation sites is 3. The van der Waals surface area contributed by atoms with Crippen LogP contribution in [0.15, 0.2) is 108 Å². The van der Waals surface area contributed by atoms with Gasteiger partial charge in [0.05, 0.1) is 35.9 Å². The van der Waals surface area contributed by atoms with E-state index in [1.165, 1.54) is 11.8 Å². The molecule has 0 saturated carbocycles. The van der Waals surface area contributed by atoms with Crippen molar-refractivity contribution in [2.45, 2.75) is 55.9 Å². The fourth-order valence-electron chi connectivity index (χ4n) is 5.41. The highest BCUT2D eigenvalue weighted by atomic mass is 32.2. The van der Waals surface area contributed by atoms with Gasteiger partial charge in [-0.1, -0.05) is 78.5 Å². The third-order valence-corrected chi connectivity index (χ3v) is 8.99. The number of aliphatic hydroxyl groups excluding tert-OH is 1. The number of nitrogens with zero attached hydrogens (tertiary/aromatic N) is 4. The molecule has 5 aromatic rings. The van der Waals surface area contributed by atoms with Gasteiger partial charge < -0.3 is 30.9 Å². The molecule has 252 valence electrons. The van der Waals surface area contributed by atoms with E-state index in [-0.39, 0.29) is 43.5 Å². The summed E-state index contributed by atoms with van der Waals surface area (Å²) in [6, 6.07) is 31.8. The number of thioether (sulfide) groups is 1. The van der Waals surface area contributed by atoms with Crippen LogP contribution in [0.25, 0.3) is 5.69 Å². The van der Waals surface area contributed by atoms with E-state index in [1.54, 1.807) is 35.0 Å². The molecule has 1 saturated heterocycles. The van der Waals surface area contributed by atoms with Crippen molar-refractivity contribution < 1.29 is 24.2 Å². The third-order valence-electron chi connectivity index (χ3n) is 7.94. The van der Waals surface area contributed by atoms with E-state index in [4.69, 9.17) is 15.2 Å². The minimum absolute atomic E-state index is 0.0402. The molecule has 12 nitrogen and oxygen atoms in total. The second-order valence-electron chi connectivity index (χ2n) is 11.5. The summed E-state index contributed by atoms with van der Waals surface area (Å²) >= 11 is 1.50. The largest absolute Gasteiger partial charge is 0.397 e. The van der Waals surface area contributed by atoms with Crippen molar-refractivity contribution >= 4 is 40.6 Å². The molecular formula is C36H37N7O5S. The van der Waals surface area contributed by atoms with Gasteiger partial charge in [0.15, 0.2) is 6.29 Å². The zero-order chi connectivity index (χ0) is 34.0. The Morgan fingerprint density at radius 1 is 0.878 bits per heavy atom. The lowest BCUT2D eigenvalue weighted by Gasteiger charge is -2.36. The third kappa shape index (κ3) is 9.09. The first-order chi connectivity index (χ1) is 23.9. The molecule has 6 rings (SSSR count). The Hall–Kier alpha value is -5.08. The highest BCUT2D eigenvalue weighted by Gasteiger charge is 2.33. The van der Waals surface area contributed by atoms with Crippen molar-refractivity contribution in [3.05, 3.63) is 120 Å². The predicted octanol–water partition coefficient (Wildman–Crippen LogP) is 5.82. The number of hydrogen-bond donors (Lipinski definition) is 4. The fourth-order valence-corrected chi connectivity index (χ4v) is 6.32. The van der Waals surface area contributed by atoms with Crippen LogP contribution in [0.4, 0.5) is 17.1 Å². The van der Waals surface area contributed by atoms with Crippen molar-refractivity contribution in [3.63, 3.8) is 0 Å². The van der Waals surface area contributed by atoms with E-state index >= 15 is 0 Å². The van der Waals surface area contributed by atoms with Gasteiger partial charge in [0.1, 0.15) is 0 Å². The smallest absolute Gasteiger partial charge is 0.224 e. The van der Waals surface area contributed by atoms with Crippen LogP contribution in [0.3, 0.4) is 0 Å². The number of rotatable bonds is 13.